The lowest BCUT2D eigenvalue weighted by Gasteiger charge is -2.18. The van der Waals surface area contributed by atoms with E-state index in [4.69, 9.17) is 66.7 Å². The van der Waals surface area contributed by atoms with Crippen LogP contribution in [0.25, 0.3) is 56.7 Å². The van der Waals surface area contributed by atoms with Gasteiger partial charge in [0, 0.05) is 63.7 Å². The van der Waals surface area contributed by atoms with Crippen LogP contribution in [0.4, 0.5) is 0 Å². The molecule has 0 aliphatic carbocycles. The Labute approximate surface area is 772 Å². The fourth-order valence-corrected chi connectivity index (χ4v) is 13.5. The topological polar surface area (TPSA) is 377 Å². The van der Waals surface area contributed by atoms with Gasteiger partial charge in [-0.15, -0.1) is 10.2 Å². The van der Waals surface area contributed by atoms with Gasteiger partial charge in [0.25, 0.3) is 11.8 Å². The minimum atomic E-state index is -0.160. The highest BCUT2D eigenvalue weighted by molar-refractivity contribution is 9.10. The molecule has 680 valence electrons. The van der Waals surface area contributed by atoms with Gasteiger partial charge >= 0.3 is 12.0 Å². The Morgan fingerprint density at radius 3 is 1.20 bits per heavy atom. The molecule has 0 saturated heterocycles. The van der Waals surface area contributed by atoms with Crippen molar-refractivity contribution in [2.45, 2.75) is 113 Å². The summed E-state index contributed by atoms with van der Waals surface area (Å²) < 4.78 is 78.7. The molecular weight excluding hydrogens is 1790 g/mol. The lowest BCUT2D eigenvalue weighted by atomic mass is 9.98. The predicted octanol–water partition coefficient (Wildman–Crippen LogP) is 18.5. The molecule has 0 saturated carbocycles. The molecule has 5 aromatic carbocycles. The molecule has 0 radical (unpaired) electrons. The van der Waals surface area contributed by atoms with Crippen molar-refractivity contribution < 1.29 is 71.8 Å². The highest BCUT2D eigenvalue weighted by Crippen LogP contribution is 2.46. The number of aliphatic hydroxyl groups excluding tert-OH is 2. The second-order valence-electron chi connectivity index (χ2n) is 30.3. The van der Waals surface area contributed by atoms with Gasteiger partial charge in [-0.05, 0) is 141 Å². The molecule has 0 atom stereocenters. The van der Waals surface area contributed by atoms with Crippen molar-refractivity contribution in [3.05, 3.63) is 232 Å². The average Bonchev–Trinajstić information content (AvgIpc) is 1.54. The highest BCUT2D eigenvalue weighted by Gasteiger charge is 2.29. The summed E-state index contributed by atoms with van der Waals surface area (Å²) in [5.74, 6) is 9.20. The quantitative estimate of drug-likeness (QED) is 0.0361. The van der Waals surface area contributed by atoms with Gasteiger partial charge in [-0.2, -0.15) is 9.97 Å². The number of hydrogen-bond acceptors (Lipinski definition) is 31. The number of hydrogen-bond donors (Lipinski definition) is 2. The maximum absolute atomic E-state index is 9.20. The second kappa shape index (κ2) is 48.0. The lowest BCUT2D eigenvalue weighted by molar-refractivity contribution is 0.174. The molecule has 35 heteroatoms. The number of halogens is 2. The molecule has 0 bridgehead atoms. The van der Waals surface area contributed by atoms with Gasteiger partial charge in [0.1, 0.15) is 46.0 Å². The highest BCUT2D eigenvalue weighted by atomic mass is 79.9. The SMILES string of the molecule is CC(C)c1c(-c2ccc3c(c2)OCO3)c(OCCO)nn1C.COc1ccccc1Oc1c(OC)nc(-c2ncccn2)nc1C(C)C.COc1ccccc1Oc1c(OCCO)nc(-c2ncccn2)nc1C(C)C.Cc1ccc(-c2c(OCCOc3ncc(Br)cn3)ncnc2C(C)C)cc1.Cc1ccc(-c2c(OCCOc3ncc(Br)cn3)nn(C)c2C(C)C)cc1. The van der Waals surface area contributed by atoms with E-state index in [-0.39, 0.29) is 62.8 Å². The average molecular weight is 1900 g/mol. The van der Waals surface area contributed by atoms with Gasteiger partial charge in [-0.3, -0.25) is 9.36 Å². The first kappa shape index (κ1) is 97.0. The molecule has 130 heavy (non-hydrogen) atoms. The van der Waals surface area contributed by atoms with Crippen molar-refractivity contribution in [1.29, 1.82) is 0 Å². The van der Waals surface area contributed by atoms with Crippen LogP contribution in [-0.2, 0) is 14.1 Å². The van der Waals surface area contributed by atoms with Crippen LogP contribution in [0, 0.1) is 13.8 Å². The number of rotatable bonds is 33. The molecule has 33 nitrogen and oxygen atoms in total. The Morgan fingerprint density at radius 2 is 0.762 bits per heavy atom. The number of fused-ring (bicyclic) bond motifs is 1. The van der Waals surface area contributed by atoms with Crippen LogP contribution >= 0.6 is 31.9 Å². The van der Waals surface area contributed by atoms with E-state index < -0.39 is 0 Å². The van der Waals surface area contributed by atoms with Crippen molar-refractivity contribution in [3.8, 4) is 144 Å². The fourth-order valence-electron chi connectivity index (χ4n) is 13.1. The maximum Gasteiger partial charge on any atom is 0.316 e. The zero-order chi connectivity index (χ0) is 92.8. The van der Waals surface area contributed by atoms with E-state index in [0.717, 1.165) is 70.9 Å². The monoisotopic (exact) mass is 1900 g/mol. The van der Waals surface area contributed by atoms with Crippen molar-refractivity contribution in [2.75, 3.05) is 81.0 Å². The number of methoxy groups -OCH3 is 3. The standard InChI is InChI=1S/C20H23BrN4O2.C20H21BrN4O2.C20H22N4O4.C19H20N4O3.C16H20N2O4/c1-13(2)18-17(15-7-5-14(3)6-8-15)19(24-25(18)4)26-9-10-27-20-22-11-16(21)12-23-20;1-13(2)18-17(15-6-4-14(3)5-7-15)19(25-12-24-18)26-8-9-27-20-22-10-16(21)11-23-20;1-13(2)16-17(28-15-8-5-4-7-14(15)26-3)20(27-12-11-25)24-19(23-16)18-21-9-6-10-22-18;1-12(2)15-16(26-14-9-6-5-8-13(14)24-3)19(25-4)23-18(22-15)17-20-10-7-11-21-17;1-10(2)15-14(16(17-18(15)3)20-7-6-19)11-4-5-12-13(8-11)22-9-21-12/h5-8,11-13H,9-10H2,1-4H3;4-7,10-13H,8-9H2,1-3H3;4-10,13,25H,11-12H2,1-3H3;5-12H,1-4H3;4-5,8,10,19H,6-7,9H2,1-3H3. The van der Waals surface area contributed by atoms with Crippen LogP contribution in [0.15, 0.2) is 192 Å². The Kier molecular flexibility index (Phi) is 35.8. The van der Waals surface area contributed by atoms with Crippen molar-refractivity contribution in [1.82, 2.24) is 89.3 Å². The molecule has 0 amide bonds. The van der Waals surface area contributed by atoms with E-state index in [9.17, 15) is 5.11 Å². The first-order chi connectivity index (χ1) is 62.9. The number of ether oxygens (including phenoxy) is 13. The molecule has 10 heterocycles. The van der Waals surface area contributed by atoms with Crippen LogP contribution in [-0.4, -0.2) is 181 Å². The molecule has 2 N–H and O–H groups in total. The largest absolute Gasteiger partial charge is 0.493 e. The third kappa shape index (κ3) is 26.1. The predicted molar refractivity (Wildman–Crippen MR) is 496 cm³/mol. The summed E-state index contributed by atoms with van der Waals surface area (Å²) in [6, 6.07) is 41.3. The van der Waals surface area contributed by atoms with Crippen molar-refractivity contribution >= 4 is 31.9 Å². The molecule has 0 unspecified atom stereocenters. The molecular formula is C95H106Br2N18O15. The molecule has 1 aliphatic rings. The molecule has 1 aliphatic heterocycles. The van der Waals surface area contributed by atoms with E-state index in [0.29, 0.717) is 137 Å². The van der Waals surface area contributed by atoms with Gasteiger partial charge < -0.3 is 71.8 Å². The smallest absolute Gasteiger partial charge is 0.316 e. The number of benzene rings is 5. The molecule has 15 rings (SSSR count). The molecule has 0 spiro atoms. The van der Waals surface area contributed by atoms with Gasteiger partial charge in [-0.1, -0.05) is 159 Å². The third-order valence-corrected chi connectivity index (χ3v) is 19.8. The number of aryl methyl sites for hydroxylation is 4. The summed E-state index contributed by atoms with van der Waals surface area (Å²) in [4.78, 5) is 60.1. The number of aliphatic hydroxyl groups is 2. The molecule has 14 aromatic rings. The number of nitrogens with zero attached hydrogens (tertiary/aromatic N) is 18. The zero-order valence-corrected chi connectivity index (χ0v) is 78.8. The van der Waals surface area contributed by atoms with Gasteiger partial charge in [0.05, 0.1) is 88.6 Å². The normalized spacial score (nSPS) is 11.2. The Bertz CT molecular complexity index is 5930. The minimum Gasteiger partial charge on any atom is -0.493 e. The Hall–Kier alpha value is -13.6. The van der Waals surface area contributed by atoms with Crippen molar-refractivity contribution in [2.24, 2.45) is 14.1 Å². The van der Waals surface area contributed by atoms with Crippen LogP contribution in [0.5, 0.6) is 87.4 Å². The maximum atomic E-state index is 9.20. The van der Waals surface area contributed by atoms with Gasteiger partial charge in [0.15, 0.2) is 46.1 Å². The number of aromatic nitrogens is 18. The Morgan fingerprint density at radius 1 is 0.369 bits per heavy atom. The van der Waals surface area contributed by atoms with Crippen LogP contribution in [0.3, 0.4) is 0 Å². The summed E-state index contributed by atoms with van der Waals surface area (Å²) in [7, 11) is 8.55. The Balaban J connectivity index is 0.000000157. The van der Waals surface area contributed by atoms with E-state index in [1.807, 2.05) is 106 Å². The van der Waals surface area contributed by atoms with Gasteiger partial charge in [0.2, 0.25) is 47.6 Å². The summed E-state index contributed by atoms with van der Waals surface area (Å²) >= 11 is 6.59. The summed E-state index contributed by atoms with van der Waals surface area (Å²) in [6.45, 7) is 26.6. The minimum absolute atomic E-state index is 0.00615. The number of para-hydroxylation sites is 4. The van der Waals surface area contributed by atoms with E-state index in [1.54, 1.807) is 94.4 Å². The second-order valence-corrected chi connectivity index (χ2v) is 32.1. The summed E-state index contributed by atoms with van der Waals surface area (Å²) in [5, 5.41) is 27.2. The van der Waals surface area contributed by atoms with Crippen LogP contribution in [0.1, 0.15) is 138 Å². The zero-order valence-electron chi connectivity index (χ0n) is 75.6. The van der Waals surface area contributed by atoms with Crippen molar-refractivity contribution in [3.63, 3.8) is 0 Å². The summed E-state index contributed by atoms with van der Waals surface area (Å²) in [5.41, 5.74) is 12.9. The van der Waals surface area contributed by atoms with Gasteiger partial charge in [-0.25, -0.2) is 59.8 Å². The van der Waals surface area contributed by atoms with E-state index >= 15 is 0 Å². The van der Waals surface area contributed by atoms with Crippen LogP contribution < -0.4 is 61.6 Å². The van der Waals surface area contributed by atoms with Crippen LogP contribution in [0.2, 0.25) is 0 Å². The first-order valence-electron chi connectivity index (χ1n) is 41.9. The first-order valence-corrected chi connectivity index (χ1v) is 43.5. The lowest BCUT2D eigenvalue weighted by Crippen LogP contribution is -2.12. The van der Waals surface area contributed by atoms with E-state index in [1.165, 1.54) is 18.2 Å². The molecule has 9 aromatic heterocycles. The summed E-state index contributed by atoms with van der Waals surface area (Å²) in [6.07, 6.45) is 14.6. The third-order valence-electron chi connectivity index (χ3n) is 19.0. The van der Waals surface area contributed by atoms with E-state index in [2.05, 4.69) is 216 Å². The molecule has 0 fully saturated rings. The fraction of sp³-hybridized carbons (Fsp3) is 0.326.